The van der Waals surface area contributed by atoms with Crippen molar-refractivity contribution in [2.75, 3.05) is 5.88 Å². The van der Waals surface area contributed by atoms with Gasteiger partial charge in [-0.25, -0.2) is 0 Å². The second-order valence-electron chi connectivity index (χ2n) is 4.74. The van der Waals surface area contributed by atoms with Crippen molar-refractivity contribution in [3.8, 4) is 11.8 Å². The van der Waals surface area contributed by atoms with Crippen LogP contribution in [0.1, 0.15) is 31.9 Å². The maximum atomic E-state index is 5.50. The van der Waals surface area contributed by atoms with Crippen LogP contribution in [0.3, 0.4) is 0 Å². The molecule has 0 unspecified atom stereocenters. The van der Waals surface area contributed by atoms with E-state index in [9.17, 15) is 0 Å². The van der Waals surface area contributed by atoms with Gasteiger partial charge in [0, 0.05) is 17.6 Å². The van der Waals surface area contributed by atoms with Crippen LogP contribution >= 0.6 is 11.6 Å². The Morgan fingerprint density at radius 2 is 1.81 bits per heavy atom. The Hall–Kier alpha value is -0.970. The van der Waals surface area contributed by atoms with Gasteiger partial charge in [0.2, 0.25) is 0 Å². The van der Waals surface area contributed by atoms with E-state index in [1.54, 1.807) is 0 Å². The van der Waals surface area contributed by atoms with Gasteiger partial charge < -0.3 is 5.32 Å². The number of benzene rings is 1. The summed E-state index contributed by atoms with van der Waals surface area (Å²) < 4.78 is 0. The van der Waals surface area contributed by atoms with Crippen LogP contribution in [-0.2, 0) is 6.54 Å². The van der Waals surface area contributed by atoms with Gasteiger partial charge in [-0.1, -0.05) is 24.0 Å². The third-order valence-electron chi connectivity index (χ3n) is 2.08. The lowest BCUT2D eigenvalue weighted by Crippen LogP contribution is -2.35. The first-order valence-electron chi connectivity index (χ1n) is 5.40. The van der Waals surface area contributed by atoms with E-state index in [-0.39, 0.29) is 5.54 Å². The largest absolute Gasteiger partial charge is 0.308 e. The van der Waals surface area contributed by atoms with Crippen molar-refractivity contribution in [1.29, 1.82) is 0 Å². The highest BCUT2D eigenvalue weighted by Crippen LogP contribution is 2.06. The molecule has 0 radical (unpaired) electrons. The van der Waals surface area contributed by atoms with E-state index < -0.39 is 0 Å². The lowest BCUT2D eigenvalue weighted by molar-refractivity contribution is 0.424. The molecule has 0 saturated heterocycles. The smallest absolute Gasteiger partial charge is 0.0839 e. The minimum Gasteiger partial charge on any atom is -0.308 e. The molecule has 1 aromatic carbocycles. The van der Waals surface area contributed by atoms with E-state index in [0.717, 1.165) is 12.1 Å². The minimum absolute atomic E-state index is 0.150. The molecule has 0 aromatic heterocycles. The van der Waals surface area contributed by atoms with Crippen molar-refractivity contribution in [2.24, 2.45) is 0 Å². The molecule has 0 bridgehead atoms. The molecule has 0 aliphatic rings. The van der Waals surface area contributed by atoms with Gasteiger partial charge in [-0.15, -0.1) is 11.6 Å². The Bertz CT molecular complexity index is 376. The number of hydrogen-bond donors (Lipinski definition) is 1. The van der Waals surface area contributed by atoms with E-state index in [0.29, 0.717) is 5.88 Å². The van der Waals surface area contributed by atoms with E-state index in [1.165, 1.54) is 5.56 Å². The van der Waals surface area contributed by atoms with Crippen LogP contribution in [0.25, 0.3) is 0 Å². The Morgan fingerprint density at radius 1 is 1.19 bits per heavy atom. The van der Waals surface area contributed by atoms with Crippen LogP contribution in [0.5, 0.6) is 0 Å². The predicted molar refractivity (Wildman–Crippen MR) is 70.6 cm³/mol. The number of nitrogens with one attached hydrogen (secondary N) is 1. The molecule has 0 amide bonds. The maximum Gasteiger partial charge on any atom is 0.0839 e. The average Bonchev–Trinajstić information content (AvgIpc) is 2.24. The molecule has 16 heavy (non-hydrogen) atoms. The molecular weight excluding hydrogens is 218 g/mol. The molecule has 1 N–H and O–H groups in total. The van der Waals surface area contributed by atoms with E-state index >= 15 is 0 Å². The molecule has 0 saturated carbocycles. The maximum absolute atomic E-state index is 5.50. The standard InChI is InChI=1S/C14H18ClN/c1-14(2,3)16-11-13-8-6-12(7-9-13)5-4-10-15/h6-9,16H,10-11H2,1-3H3. The third kappa shape index (κ3) is 5.21. The van der Waals surface area contributed by atoms with E-state index in [1.807, 2.05) is 12.1 Å². The summed E-state index contributed by atoms with van der Waals surface area (Å²) in [5, 5.41) is 3.44. The lowest BCUT2D eigenvalue weighted by atomic mass is 10.1. The van der Waals surface area contributed by atoms with Crippen LogP contribution in [0.2, 0.25) is 0 Å². The number of rotatable bonds is 2. The van der Waals surface area contributed by atoms with Crippen LogP contribution in [0.4, 0.5) is 0 Å². The van der Waals surface area contributed by atoms with E-state index in [4.69, 9.17) is 11.6 Å². The molecular formula is C14H18ClN. The second-order valence-corrected chi connectivity index (χ2v) is 5.00. The summed E-state index contributed by atoms with van der Waals surface area (Å²) in [6.45, 7) is 7.36. The Kier molecular flexibility index (Phi) is 4.86. The Labute approximate surface area is 103 Å². The van der Waals surface area contributed by atoms with Crippen molar-refractivity contribution in [3.63, 3.8) is 0 Å². The normalized spacial score (nSPS) is 10.8. The van der Waals surface area contributed by atoms with Crippen molar-refractivity contribution < 1.29 is 0 Å². The SMILES string of the molecule is CC(C)(C)NCc1ccc(C#CCCl)cc1. The Balaban J connectivity index is 2.58. The third-order valence-corrected chi connectivity index (χ3v) is 2.21. The highest BCUT2D eigenvalue weighted by molar-refractivity contribution is 6.19. The molecule has 86 valence electrons. The number of halogens is 1. The summed E-state index contributed by atoms with van der Waals surface area (Å²) in [5.74, 6) is 6.21. The summed E-state index contributed by atoms with van der Waals surface area (Å²) in [6.07, 6.45) is 0. The molecule has 0 fully saturated rings. The summed E-state index contributed by atoms with van der Waals surface area (Å²) in [4.78, 5) is 0. The topological polar surface area (TPSA) is 12.0 Å². The molecule has 1 nitrogen and oxygen atoms in total. The van der Waals surface area contributed by atoms with Crippen molar-refractivity contribution in [2.45, 2.75) is 32.9 Å². The van der Waals surface area contributed by atoms with Crippen LogP contribution in [-0.4, -0.2) is 11.4 Å². The first-order chi connectivity index (χ1) is 7.51. The minimum atomic E-state index is 0.150. The molecule has 0 spiro atoms. The van der Waals surface area contributed by atoms with Crippen LogP contribution in [0.15, 0.2) is 24.3 Å². The summed E-state index contributed by atoms with van der Waals surface area (Å²) in [7, 11) is 0. The molecule has 0 atom stereocenters. The highest BCUT2D eigenvalue weighted by atomic mass is 35.5. The highest BCUT2D eigenvalue weighted by Gasteiger charge is 2.07. The summed E-state index contributed by atoms with van der Waals surface area (Å²) in [6, 6.07) is 8.24. The fraction of sp³-hybridized carbons (Fsp3) is 0.429. The zero-order chi connectivity index (χ0) is 12.0. The molecule has 0 aliphatic carbocycles. The molecule has 1 rings (SSSR count). The summed E-state index contributed by atoms with van der Waals surface area (Å²) >= 11 is 5.50. The van der Waals surface area contributed by atoms with E-state index in [2.05, 4.69) is 50.1 Å². The Morgan fingerprint density at radius 3 is 2.31 bits per heavy atom. The molecule has 0 aliphatic heterocycles. The lowest BCUT2D eigenvalue weighted by Gasteiger charge is -2.20. The summed E-state index contributed by atoms with van der Waals surface area (Å²) in [5.41, 5.74) is 2.43. The van der Waals surface area contributed by atoms with Gasteiger partial charge >= 0.3 is 0 Å². The predicted octanol–water partition coefficient (Wildman–Crippen LogP) is 3.17. The van der Waals surface area contributed by atoms with Gasteiger partial charge in [-0.3, -0.25) is 0 Å². The number of alkyl halides is 1. The first-order valence-corrected chi connectivity index (χ1v) is 5.93. The fourth-order valence-electron chi connectivity index (χ4n) is 1.21. The van der Waals surface area contributed by atoms with Crippen LogP contribution in [0, 0.1) is 11.8 Å². The zero-order valence-electron chi connectivity index (χ0n) is 10.1. The van der Waals surface area contributed by atoms with Crippen molar-refractivity contribution in [3.05, 3.63) is 35.4 Å². The fourth-order valence-corrected chi connectivity index (χ4v) is 1.28. The second kappa shape index (κ2) is 5.94. The van der Waals surface area contributed by atoms with Gasteiger partial charge in [-0.2, -0.15) is 0 Å². The number of hydrogen-bond acceptors (Lipinski definition) is 1. The first kappa shape index (κ1) is 13.1. The van der Waals surface area contributed by atoms with Gasteiger partial charge in [0.05, 0.1) is 5.88 Å². The van der Waals surface area contributed by atoms with Crippen molar-refractivity contribution >= 4 is 11.6 Å². The van der Waals surface area contributed by atoms with Crippen molar-refractivity contribution in [1.82, 2.24) is 5.32 Å². The molecule has 1 aromatic rings. The van der Waals surface area contributed by atoms with Gasteiger partial charge in [0.15, 0.2) is 0 Å². The average molecular weight is 236 g/mol. The molecule has 2 heteroatoms. The monoisotopic (exact) mass is 235 g/mol. The van der Waals surface area contributed by atoms with Crippen LogP contribution < -0.4 is 5.32 Å². The molecule has 0 heterocycles. The van der Waals surface area contributed by atoms with Gasteiger partial charge in [0.1, 0.15) is 0 Å². The quantitative estimate of drug-likeness (QED) is 0.614. The van der Waals surface area contributed by atoms with Gasteiger partial charge in [0.25, 0.3) is 0 Å². The van der Waals surface area contributed by atoms with Gasteiger partial charge in [-0.05, 0) is 38.5 Å². The zero-order valence-corrected chi connectivity index (χ0v) is 10.9.